The third-order valence-electron chi connectivity index (χ3n) is 6.41. The molecule has 0 saturated carbocycles. The number of hydrogen-bond acceptors (Lipinski definition) is 2. The Bertz CT molecular complexity index is 1700. The summed E-state index contributed by atoms with van der Waals surface area (Å²) in [6.07, 6.45) is 0. The van der Waals surface area contributed by atoms with Crippen molar-refractivity contribution in [2.45, 2.75) is 0 Å². The van der Waals surface area contributed by atoms with Crippen molar-refractivity contribution in [1.29, 1.82) is 0 Å². The fraction of sp³-hybridized carbons (Fsp3) is 0. The summed E-state index contributed by atoms with van der Waals surface area (Å²) in [6, 6.07) is 46.7. The standard InChI is InChI=1S/C34H22O2Se2/c1-5-13-23(14-6-1)31-33(37-25-17-9-3-10-18-25)27-21-30-28(22-29(27)35-31)34(38-26-19-11-4-12-20-26)32(36-30)24-15-7-2-8-16-24/h1-22H. The van der Waals surface area contributed by atoms with E-state index in [1.807, 2.05) is 12.1 Å². The zero-order valence-corrected chi connectivity index (χ0v) is 23.8. The molecule has 0 aliphatic carbocycles. The summed E-state index contributed by atoms with van der Waals surface area (Å²) in [4.78, 5) is 0. The van der Waals surface area contributed by atoms with Gasteiger partial charge in [0.05, 0.1) is 0 Å². The van der Waals surface area contributed by atoms with E-state index in [2.05, 4.69) is 121 Å². The van der Waals surface area contributed by atoms with Gasteiger partial charge < -0.3 is 0 Å². The van der Waals surface area contributed by atoms with Gasteiger partial charge in [0.2, 0.25) is 0 Å². The Morgan fingerprint density at radius 1 is 0.395 bits per heavy atom. The molecule has 7 rings (SSSR count). The normalized spacial score (nSPS) is 11.4. The first-order valence-corrected chi connectivity index (χ1v) is 15.9. The Morgan fingerprint density at radius 2 is 0.737 bits per heavy atom. The van der Waals surface area contributed by atoms with Crippen molar-refractivity contribution in [3.8, 4) is 22.6 Å². The van der Waals surface area contributed by atoms with Crippen LogP contribution in [0.15, 0.2) is 142 Å². The summed E-state index contributed by atoms with van der Waals surface area (Å²) in [6.45, 7) is 0. The van der Waals surface area contributed by atoms with E-state index in [1.165, 1.54) is 17.8 Å². The van der Waals surface area contributed by atoms with Crippen LogP contribution in [-0.2, 0) is 0 Å². The molecule has 2 nitrogen and oxygen atoms in total. The summed E-state index contributed by atoms with van der Waals surface area (Å²) in [5.74, 6) is 1.91. The predicted molar refractivity (Wildman–Crippen MR) is 160 cm³/mol. The third kappa shape index (κ3) is 4.43. The first kappa shape index (κ1) is 23.3. The summed E-state index contributed by atoms with van der Waals surface area (Å²) in [5, 5.41) is 2.26. The third-order valence-corrected chi connectivity index (χ3v) is 11.1. The van der Waals surface area contributed by atoms with Gasteiger partial charge >= 0.3 is 235 Å². The Hall–Kier alpha value is -3.78. The Morgan fingerprint density at radius 3 is 1.11 bits per heavy atom. The number of benzene rings is 5. The maximum atomic E-state index is 6.67. The molecule has 0 radical (unpaired) electrons. The quantitative estimate of drug-likeness (QED) is 0.219. The molecule has 0 amide bonds. The second kappa shape index (κ2) is 10.2. The van der Waals surface area contributed by atoms with E-state index in [0.717, 1.165) is 44.6 Å². The molecule has 0 N–H and O–H groups in total. The van der Waals surface area contributed by atoms with E-state index >= 15 is 0 Å². The van der Waals surface area contributed by atoms with Crippen LogP contribution < -0.4 is 17.8 Å². The molecular formula is C34H22O2Se2. The van der Waals surface area contributed by atoms with Crippen molar-refractivity contribution in [3.05, 3.63) is 133 Å². The predicted octanol–water partition coefficient (Wildman–Crippen LogP) is 5.82. The summed E-state index contributed by atoms with van der Waals surface area (Å²) in [7, 11) is 0. The van der Waals surface area contributed by atoms with Crippen molar-refractivity contribution in [2.24, 2.45) is 0 Å². The summed E-state index contributed by atoms with van der Waals surface area (Å²) < 4.78 is 18.5. The monoisotopic (exact) mass is 622 g/mol. The molecule has 0 spiro atoms. The van der Waals surface area contributed by atoms with E-state index in [1.54, 1.807) is 0 Å². The van der Waals surface area contributed by atoms with Gasteiger partial charge in [0.15, 0.2) is 0 Å². The molecule has 5 aromatic carbocycles. The minimum absolute atomic E-state index is 0.0804. The number of furan rings is 2. The minimum atomic E-state index is 0.0804. The van der Waals surface area contributed by atoms with E-state index in [9.17, 15) is 0 Å². The Kier molecular flexibility index (Phi) is 6.25. The molecule has 2 aromatic heterocycles. The molecule has 182 valence electrons. The van der Waals surface area contributed by atoms with Crippen LogP contribution in [0.25, 0.3) is 44.6 Å². The van der Waals surface area contributed by atoms with Crippen LogP contribution in [0.4, 0.5) is 0 Å². The SMILES string of the molecule is c1ccc([Se]c2c(-c3ccccc3)oc3cc4c([Se]c5ccccc5)c(-c5ccccc5)oc4cc23)cc1. The van der Waals surface area contributed by atoms with Gasteiger partial charge in [-0.05, 0) is 0 Å². The van der Waals surface area contributed by atoms with Crippen LogP contribution in [0.2, 0.25) is 0 Å². The topological polar surface area (TPSA) is 26.3 Å². The second-order valence-corrected chi connectivity index (χ2v) is 13.5. The first-order chi connectivity index (χ1) is 18.8. The van der Waals surface area contributed by atoms with E-state index < -0.39 is 0 Å². The summed E-state index contributed by atoms with van der Waals surface area (Å²) in [5.41, 5.74) is 4.03. The van der Waals surface area contributed by atoms with E-state index in [0.29, 0.717) is 0 Å². The average Bonchev–Trinajstić information content (AvgIpc) is 3.51. The fourth-order valence-corrected chi connectivity index (χ4v) is 9.02. The van der Waals surface area contributed by atoms with Crippen molar-refractivity contribution < 1.29 is 8.83 Å². The van der Waals surface area contributed by atoms with Gasteiger partial charge in [0.25, 0.3) is 0 Å². The van der Waals surface area contributed by atoms with Crippen LogP contribution in [0, 0.1) is 0 Å². The van der Waals surface area contributed by atoms with Gasteiger partial charge in [-0.3, -0.25) is 0 Å². The fourth-order valence-electron chi connectivity index (χ4n) is 4.62. The molecular weight excluding hydrogens is 598 g/mol. The van der Waals surface area contributed by atoms with Gasteiger partial charge in [-0.25, -0.2) is 0 Å². The summed E-state index contributed by atoms with van der Waals surface area (Å²) >= 11 is 0.161. The van der Waals surface area contributed by atoms with Crippen molar-refractivity contribution in [2.75, 3.05) is 0 Å². The van der Waals surface area contributed by atoms with Gasteiger partial charge in [-0.1, -0.05) is 0 Å². The second-order valence-electron chi connectivity index (χ2n) is 8.93. The molecule has 0 saturated heterocycles. The number of hydrogen-bond donors (Lipinski definition) is 0. The zero-order chi connectivity index (χ0) is 25.3. The number of rotatable bonds is 6. The van der Waals surface area contributed by atoms with Crippen molar-refractivity contribution in [1.82, 2.24) is 0 Å². The molecule has 0 bridgehead atoms. The molecule has 4 heteroatoms. The van der Waals surface area contributed by atoms with Gasteiger partial charge in [0, 0.05) is 0 Å². The van der Waals surface area contributed by atoms with Crippen molar-refractivity contribution >= 4 is 69.7 Å². The van der Waals surface area contributed by atoms with Crippen LogP contribution in [0.5, 0.6) is 0 Å². The van der Waals surface area contributed by atoms with Gasteiger partial charge in [0.1, 0.15) is 0 Å². The molecule has 0 aliphatic heterocycles. The van der Waals surface area contributed by atoms with Gasteiger partial charge in [-0.2, -0.15) is 0 Å². The average molecular weight is 620 g/mol. The van der Waals surface area contributed by atoms with Crippen molar-refractivity contribution in [3.63, 3.8) is 0 Å². The molecule has 0 fully saturated rings. The van der Waals surface area contributed by atoms with E-state index in [-0.39, 0.29) is 29.9 Å². The first-order valence-electron chi connectivity index (χ1n) is 12.4. The van der Waals surface area contributed by atoms with E-state index in [4.69, 9.17) is 8.83 Å². The molecule has 0 atom stereocenters. The molecule has 2 heterocycles. The van der Waals surface area contributed by atoms with Gasteiger partial charge in [-0.15, -0.1) is 0 Å². The van der Waals surface area contributed by atoms with Crippen LogP contribution in [0.1, 0.15) is 0 Å². The molecule has 0 unspecified atom stereocenters. The maximum absolute atomic E-state index is 6.67. The Labute approximate surface area is 233 Å². The van der Waals surface area contributed by atoms with Crippen LogP contribution >= 0.6 is 0 Å². The Balaban J connectivity index is 1.46. The van der Waals surface area contributed by atoms with Crippen LogP contribution in [-0.4, -0.2) is 29.9 Å². The molecule has 38 heavy (non-hydrogen) atoms. The van der Waals surface area contributed by atoms with Crippen LogP contribution in [0.3, 0.4) is 0 Å². The molecule has 0 aliphatic rings. The zero-order valence-electron chi connectivity index (χ0n) is 20.3. The number of fused-ring (bicyclic) bond motifs is 2. The molecule has 7 aromatic rings.